The molecule has 0 bridgehead atoms. The van der Waals surface area contributed by atoms with E-state index in [1.165, 1.54) is 16.4 Å². The van der Waals surface area contributed by atoms with Gasteiger partial charge in [-0.25, -0.2) is 22.2 Å². The molecule has 43 heavy (non-hydrogen) atoms. The number of benzene rings is 3. The van der Waals surface area contributed by atoms with Crippen LogP contribution in [0.3, 0.4) is 0 Å². The molecule has 0 saturated carbocycles. The van der Waals surface area contributed by atoms with Gasteiger partial charge in [0.05, 0.1) is 30.4 Å². The molecule has 0 N–H and O–H groups in total. The van der Waals surface area contributed by atoms with Crippen molar-refractivity contribution in [2.75, 3.05) is 13.1 Å². The number of carbonyl (C=O) groups excluding carboxylic acids is 1. The van der Waals surface area contributed by atoms with Crippen LogP contribution in [0.25, 0.3) is 12.2 Å². The fourth-order valence-electron chi connectivity index (χ4n) is 4.75. The number of carbonyl (C=O) groups is 1. The second-order valence-corrected chi connectivity index (χ2v) is 12.0. The third-order valence-corrected chi connectivity index (χ3v) is 8.67. The summed E-state index contributed by atoms with van der Waals surface area (Å²) in [6, 6.07) is 24.0. The molecule has 0 atom stereocenters. The van der Waals surface area contributed by atoms with Crippen LogP contribution in [0, 0.1) is 5.82 Å². The van der Waals surface area contributed by atoms with Crippen molar-refractivity contribution in [3.05, 3.63) is 137 Å². The number of sulfonamides is 1. The highest BCUT2D eigenvalue weighted by atomic mass is 32.2. The summed E-state index contributed by atoms with van der Waals surface area (Å²) in [7, 11) is -4.07. The van der Waals surface area contributed by atoms with Gasteiger partial charge in [-0.1, -0.05) is 71.1 Å². The molecule has 5 aromatic rings. The maximum atomic E-state index is 13.7. The SMILES string of the molecule is O=C1C(=Cc2cn(Cc3ccccc3)nn2)CN(S(=O)(=O)c2ccc(F)cc2)CC1=Cc1cn(Cc2ccccc2)nn1. The van der Waals surface area contributed by atoms with Crippen LogP contribution in [0.2, 0.25) is 0 Å². The van der Waals surface area contributed by atoms with Crippen molar-refractivity contribution in [1.29, 1.82) is 0 Å². The van der Waals surface area contributed by atoms with Crippen LogP contribution < -0.4 is 0 Å². The van der Waals surface area contributed by atoms with Crippen molar-refractivity contribution >= 4 is 28.0 Å². The number of Topliss-reactive ketones (excluding diaryl/α,β-unsaturated/α-hetero) is 1. The molecule has 0 spiro atoms. The number of hydrogen-bond acceptors (Lipinski definition) is 7. The summed E-state index contributed by atoms with van der Waals surface area (Å²) in [5.41, 5.74) is 3.31. The first-order chi connectivity index (χ1) is 20.8. The minimum absolute atomic E-state index is 0.0791. The van der Waals surface area contributed by atoms with Gasteiger partial charge in [0.1, 0.15) is 17.2 Å². The number of piperidine rings is 1. The molecule has 6 rings (SSSR count). The van der Waals surface area contributed by atoms with Gasteiger partial charge in [0.25, 0.3) is 0 Å². The molecule has 3 aromatic carbocycles. The predicted octanol–water partition coefficient (Wildman–Crippen LogP) is 3.85. The quantitative estimate of drug-likeness (QED) is 0.250. The minimum atomic E-state index is -4.07. The zero-order valence-electron chi connectivity index (χ0n) is 22.9. The lowest BCUT2D eigenvalue weighted by Crippen LogP contribution is -2.41. The lowest BCUT2D eigenvalue weighted by molar-refractivity contribution is -0.113. The highest BCUT2D eigenvalue weighted by Gasteiger charge is 2.34. The van der Waals surface area contributed by atoms with Crippen molar-refractivity contribution in [2.24, 2.45) is 0 Å². The van der Waals surface area contributed by atoms with Crippen molar-refractivity contribution < 1.29 is 17.6 Å². The van der Waals surface area contributed by atoms with Crippen molar-refractivity contribution in [3.8, 4) is 0 Å². The molecule has 0 radical (unpaired) electrons. The van der Waals surface area contributed by atoms with Crippen LogP contribution in [-0.4, -0.2) is 61.6 Å². The van der Waals surface area contributed by atoms with Gasteiger partial charge in [0.2, 0.25) is 10.0 Å². The number of halogens is 1. The summed E-state index contributed by atoms with van der Waals surface area (Å²) in [6.07, 6.45) is 6.48. The van der Waals surface area contributed by atoms with Crippen LogP contribution in [0.1, 0.15) is 22.5 Å². The standard InChI is InChI=1S/C31H26FN7O3S/c32-27-11-13-30(14-12-27)43(41,42)39-19-25(15-28-21-37(35-33-28)17-23-7-3-1-4-8-23)31(40)26(20-39)16-29-22-38(36-34-29)18-24-9-5-2-6-10-24/h1-16,21-22H,17-20H2. The van der Waals surface area contributed by atoms with Gasteiger partial charge >= 0.3 is 0 Å². The molecular weight excluding hydrogens is 569 g/mol. The highest BCUT2D eigenvalue weighted by molar-refractivity contribution is 7.89. The molecule has 216 valence electrons. The molecule has 12 heteroatoms. The van der Waals surface area contributed by atoms with E-state index in [-0.39, 0.29) is 34.9 Å². The zero-order valence-corrected chi connectivity index (χ0v) is 23.7. The monoisotopic (exact) mass is 595 g/mol. The van der Waals surface area contributed by atoms with Gasteiger partial charge in [0, 0.05) is 24.2 Å². The molecule has 1 aliphatic heterocycles. The summed E-state index contributed by atoms with van der Waals surface area (Å²) in [5, 5.41) is 16.7. The van der Waals surface area contributed by atoms with Crippen LogP contribution in [0.5, 0.6) is 0 Å². The second-order valence-electron chi connectivity index (χ2n) is 10.0. The first-order valence-electron chi connectivity index (χ1n) is 13.4. The van der Waals surface area contributed by atoms with Gasteiger partial charge in [-0.3, -0.25) is 4.79 Å². The summed E-state index contributed by atoms with van der Waals surface area (Å²) >= 11 is 0. The maximum absolute atomic E-state index is 13.7. The normalized spacial score (nSPS) is 16.3. The van der Waals surface area contributed by atoms with Gasteiger partial charge in [-0.05, 0) is 47.5 Å². The summed E-state index contributed by atoms with van der Waals surface area (Å²) in [4.78, 5) is 13.6. The molecule has 3 heterocycles. The van der Waals surface area contributed by atoms with E-state index in [9.17, 15) is 17.6 Å². The first kappa shape index (κ1) is 28.1. The van der Waals surface area contributed by atoms with Gasteiger partial charge in [0.15, 0.2) is 5.78 Å². The predicted molar refractivity (Wildman–Crippen MR) is 157 cm³/mol. The van der Waals surface area contributed by atoms with E-state index in [0.717, 1.165) is 23.3 Å². The summed E-state index contributed by atoms with van der Waals surface area (Å²) < 4.78 is 45.2. The topological polar surface area (TPSA) is 116 Å². The van der Waals surface area contributed by atoms with E-state index in [2.05, 4.69) is 20.6 Å². The van der Waals surface area contributed by atoms with E-state index in [1.54, 1.807) is 33.9 Å². The fourth-order valence-corrected chi connectivity index (χ4v) is 6.14. The fraction of sp³-hybridized carbons (Fsp3) is 0.129. The number of aromatic nitrogens is 6. The van der Waals surface area contributed by atoms with Gasteiger partial charge in [-0.15, -0.1) is 10.2 Å². The van der Waals surface area contributed by atoms with Crippen molar-refractivity contribution in [3.63, 3.8) is 0 Å². The highest BCUT2D eigenvalue weighted by Crippen LogP contribution is 2.27. The Kier molecular flexibility index (Phi) is 7.86. The van der Waals surface area contributed by atoms with Crippen molar-refractivity contribution in [2.45, 2.75) is 18.0 Å². The average Bonchev–Trinajstić information content (AvgIpc) is 3.65. The maximum Gasteiger partial charge on any atom is 0.243 e. The number of rotatable bonds is 8. The average molecular weight is 596 g/mol. The number of nitrogens with zero attached hydrogens (tertiary/aromatic N) is 7. The third-order valence-electron chi connectivity index (χ3n) is 6.86. The van der Waals surface area contributed by atoms with E-state index >= 15 is 0 Å². The molecule has 0 amide bonds. The van der Waals surface area contributed by atoms with E-state index in [0.29, 0.717) is 24.5 Å². The molecule has 1 fully saturated rings. The zero-order chi connectivity index (χ0) is 29.8. The minimum Gasteiger partial charge on any atom is -0.289 e. The lowest BCUT2D eigenvalue weighted by Gasteiger charge is -2.29. The largest absolute Gasteiger partial charge is 0.289 e. The summed E-state index contributed by atoms with van der Waals surface area (Å²) in [6.45, 7) is 0.587. The molecule has 1 saturated heterocycles. The van der Waals surface area contributed by atoms with Gasteiger partial charge < -0.3 is 0 Å². The Labute approximate surface area is 247 Å². The van der Waals surface area contributed by atoms with Crippen LogP contribution in [0.15, 0.2) is 113 Å². The smallest absolute Gasteiger partial charge is 0.243 e. The Morgan fingerprint density at radius 3 is 1.63 bits per heavy atom. The Bertz CT molecular complexity index is 1810. The lowest BCUT2D eigenvalue weighted by atomic mass is 9.97. The van der Waals surface area contributed by atoms with Crippen molar-refractivity contribution in [1.82, 2.24) is 34.3 Å². The number of hydrogen-bond donors (Lipinski definition) is 0. The Morgan fingerprint density at radius 2 is 1.16 bits per heavy atom. The third kappa shape index (κ3) is 6.55. The molecule has 1 aliphatic rings. The Morgan fingerprint density at radius 1 is 0.698 bits per heavy atom. The van der Waals surface area contributed by atoms with E-state index in [4.69, 9.17) is 0 Å². The molecule has 0 unspecified atom stereocenters. The first-order valence-corrected chi connectivity index (χ1v) is 14.9. The van der Waals surface area contributed by atoms with E-state index in [1.807, 2.05) is 60.7 Å². The van der Waals surface area contributed by atoms with Crippen LogP contribution >= 0.6 is 0 Å². The molecule has 0 aliphatic carbocycles. The van der Waals surface area contributed by atoms with Crippen LogP contribution in [0.4, 0.5) is 4.39 Å². The Hall–Kier alpha value is -5.07. The number of ketones is 1. The molecule has 10 nitrogen and oxygen atoms in total. The molecular formula is C31H26FN7O3S. The Balaban J connectivity index is 1.31. The second kappa shape index (κ2) is 12.0. The van der Waals surface area contributed by atoms with E-state index < -0.39 is 15.8 Å². The molecule has 2 aromatic heterocycles. The summed E-state index contributed by atoms with van der Waals surface area (Å²) in [5.74, 6) is -0.883. The van der Waals surface area contributed by atoms with Gasteiger partial charge in [-0.2, -0.15) is 4.31 Å². The van der Waals surface area contributed by atoms with Crippen LogP contribution in [-0.2, 0) is 27.9 Å².